The van der Waals surface area contributed by atoms with Gasteiger partial charge in [0.1, 0.15) is 13.1 Å². The van der Waals surface area contributed by atoms with E-state index in [9.17, 15) is 4.79 Å². The van der Waals surface area contributed by atoms with Crippen LogP contribution in [0.4, 0.5) is 0 Å². The summed E-state index contributed by atoms with van der Waals surface area (Å²) in [5, 5.41) is 0. The summed E-state index contributed by atoms with van der Waals surface area (Å²) in [7, 11) is 8.64. The Morgan fingerprint density at radius 2 is 1.35 bits per heavy atom. The Balaban J connectivity index is 0. The molecule has 0 heterocycles. The SMILES string of the molecule is C=CC(=O)OC(C)[N+](C)(C)Cc1ccc(C[N+](C)(C)C(C)C)cc1.[Cl-].[Cl-]. The van der Waals surface area contributed by atoms with Crippen molar-refractivity contribution in [1.82, 2.24) is 0 Å². The van der Waals surface area contributed by atoms with Gasteiger partial charge in [-0.1, -0.05) is 30.8 Å². The summed E-state index contributed by atoms with van der Waals surface area (Å²) >= 11 is 0. The zero-order chi connectivity index (χ0) is 18.5. The molecule has 0 radical (unpaired) electrons. The van der Waals surface area contributed by atoms with E-state index in [4.69, 9.17) is 4.74 Å². The molecular weight excluding hydrogens is 371 g/mol. The quantitative estimate of drug-likeness (QED) is 0.204. The van der Waals surface area contributed by atoms with Gasteiger partial charge in [-0.2, -0.15) is 0 Å². The van der Waals surface area contributed by atoms with E-state index in [1.54, 1.807) is 0 Å². The van der Waals surface area contributed by atoms with E-state index in [-0.39, 0.29) is 37.0 Å². The van der Waals surface area contributed by atoms with Crippen LogP contribution in [0.2, 0.25) is 0 Å². The second-order valence-electron chi connectivity index (χ2n) is 8.02. The Kier molecular flexibility index (Phi) is 11.4. The summed E-state index contributed by atoms with van der Waals surface area (Å²) in [6.45, 7) is 11.7. The zero-order valence-corrected chi connectivity index (χ0v) is 18.6. The number of nitrogens with zero attached hydrogens (tertiary/aromatic N) is 2. The van der Waals surface area contributed by atoms with Crippen molar-refractivity contribution in [3.8, 4) is 0 Å². The molecule has 1 aromatic carbocycles. The van der Waals surface area contributed by atoms with Crippen molar-refractivity contribution < 1.29 is 43.3 Å². The van der Waals surface area contributed by atoms with E-state index in [1.165, 1.54) is 17.2 Å². The minimum atomic E-state index is -0.377. The van der Waals surface area contributed by atoms with Gasteiger partial charge in [-0.25, -0.2) is 4.79 Å². The summed E-state index contributed by atoms with van der Waals surface area (Å²) in [5.41, 5.74) is 2.58. The highest BCUT2D eigenvalue weighted by molar-refractivity contribution is 5.81. The predicted molar refractivity (Wildman–Crippen MR) is 99.0 cm³/mol. The molecule has 0 aromatic heterocycles. The van der Waals surface area contributed by atoms with E-state index in [2.05, 4.69) is 72.9 Å². The third-order valence-electron chi connectivity index (χ3n) is 5.04. The molecular formula is C20H34Cl2N2O2. The summed E-state index contributed by atoms with van der Waals surface area (Å²) < 4.78 is 6.91. The van der Waals surface area contributed by atoms with Crippen LogP contribution < -0.4 is 24.8 Å². The second kappa shape index (κ2) is 10.9. The second-order valence-corrected chi connectivity index (χ2v) is 8.02. The van der Waals surface area contributed by atoms with E-state index in [1.807, 2.05) is 6.92 Å². The molecule has 0 aliphatic carbocycles. The van der Waals surface area contributed by atoms with Crippen LogP contribution in [-0.2, 0) is 22.6 Å². The smallest absolute Gasteiger partial charge is 0.334 e. The van der Waals surface area contributed by atoms with Gasteiger partial charge in [0.05, 0.1) is 34.2 Å². The van der Waals surface area contributed by atoms with Gasteiger partial charge in [0.15, 0.2) is 0 Å². The Labute approximate surface area is 171 Å². The molecule has 0 spiro atoms. The molecule has 0 N–H and O–H groups in total. The van der Waals surface area contributed by atoms with E-state index in [0.29, 0.717) is 10.5 Å². The molecule has 150 valence electrons. The highest BCUT2D eigenvalue weighted by Crippen LogP contribution is 2.18. The van der Waals surface area contributed by atoms with Crippen LogP contribution >= 0.6 is 0 Å². The van der Waals surface area contributed by atoms with Crippen molar-refractivity contribution in [1.29, 1.82) is 0 Å². The summed E-state index contributed by atoms with van der Waals surface area (Å²) in [5.74, 6) is -0.377. The van der Waals surface area contributed by atoms with Crippen molar-refractivity contribution in [2.45, 2.75) is 46.1 Å². The lowest BCUT2D eigenvalue weighted by Crippen LogP contribution is -3.00. The average molecular weight is 405 g/mol. The standard InChI is InChI=1S/C20H34N2O2.2ClH/c1-9-20(23)24-17(4)22(7,8)15-19-12-10-18(11-13-19)14-21(5,6)16(2)3;;/h9-13,16-17H,1,14-15H2,2-8H3;2*1H/q+2;;/p-2. The van der Waals surface area contributed by atoms with Gasteiger partial charge in [-0.05, 0) is 13.8 Å². The minimum Gasteiger partial charge on any atom is -1.00 e. The van der Waals surface area contributed by atoms with E-state index >= 15 is 0 Å². The third kappa shape index (κ3) is 8.09. The Morgan fingerprint density at radius 1 is 0.962 bits per heavy atom. The first-order valence-corrected chi connectivity index (χ1v) is 8.54. The fraction of sp³-hybridized carbons (Fsp3) is 0.550. The van der Waals surface area contributed by atoms with Crippen LogP contribution in [0.1, 0.15) is 31.9 Å². The van der Waals surface area contributed by atoms with Gasteiger partial charge in [-0.3, -0.25) is 4.48 Å². The van der Waals surface area contributed by atoms with Crippen molar-refractivity contribution >= 4 is 5.97 Å². The number of quaternary nitrogens is 2. The first kappa shape index (κ1) is 27.2. The number of halogens is 2. The molecule has 0 saturated carbocycles. The van der Waals surface area contributed by atoms with Gasteiger partial charge >= 0.3 is 5.97 Å². The van der Waals surface area contributed by atoms with E-state index < -0.39 is 0 Å². The largest absolute Gasteiger partial charge is 1.00 e. The van der Waals surface area contributed by atoms with Gasteiger partial charge in [0, 0.05) is 24.1 Å². The number of ether oxygens (including phenoxy) is 1. The van der Waals surface area contributed by atoms with Crippen molar-refractivity contribution in [3.63, 3.8) is 0 Å². The number of hydrogen-bond donors (Lipinski definition) is 0. The lowest BCUT2D eigenvalue weighted by Gasteiger charge is -2.35. The summed E-state index contributed by atoms with van der Waals surface area (Å²) in [4.78, 5) is 11.4. The molecule has 1 rings (SSSR count). The van der Waals surface area contributed by atoms with Crippen LogP contribution in [0.3, 0.4) is 0 Å². The Bertz CT molecular complexity index is 570. The molecule has 4 nitrogen and oxygen atoms in total. The molecule has 26 heavy (non-hydrogen) atoms. The van der Waals surface area contributed by atoms with Crippen LogP contribution in [-0.4, -0.2) is 55.4 Å². The Morgan fingerprint density at radius 3 is 1.69 bits per heavy atom. The van der Waals surface area contributed by atoms with Crippen LogP contribution in [0.5, 0.6) is 0 Å². The number of carbonyl (C=O) groups excluding carboxylic acids is 1. The lowest BCUT2D eigenvalue weighted by atomic mass is 10.1. The van der Waals surface area contributed by atoms with Gasteiger partial charge in [-0.15, -0.1) is 0 Å². The normalized spacial score (nSPS) is 12.6. The van der Waals surface area contributed by atoms with Gasteiger partial charge in [0.2, 0.25) is 6.23 Å². The third-order valence-corrected chi connectivity index (χ3v) is 5.04. The maximum absolute atomic E-state index is 11.4. The predicted octanol–water partition coefficient (Wildman–Crippen LogP) is -2.67. The molecule has 0 saturated heterocycles. The molecule has 6 heteroatoms. The molecule has 1 unspecified atom stereocenters. The first-order valence-electron chi connectivity index (χ1n) is 8.54. The molecule has 0 bridgehead atoms. The van der Waals surface area contributed by atoms with Gasteiger partial charge in [0.25, 0.3) is 0 Å². The minimum absolute atomic E-state index is 0. The topological polar surface area (TPSA) is 26.3 Å². The van der Waals surface area contributed by atoms with Crippen LogP contribution in [0, 0.1) is 0 Å². The Hall–Kier alpha value is -1.07. The molecule has 1 aromatic rings. The van der Waals surface area contributed by atoms with Gasteiger partial charge < -0.3 is 34.0 Å². The number of esters is 1. The molecule has 0 aliphatic heterocycles. The maximum atomic E-state index is 11.4. The van der Waals surface area contributed by atoms with E-state index in [0.717, 1.165) is 17.6 Å². The first-order chi connectivity index (χ1) is 11.0. The highest BCUT2D eigenvalue weighted by Gasteiger charge is 2.27. The number of hydrogen-bond acceptors (Lipinski definition) is 2. The monoisotopic (exact) mass is 404 g/mol. The zero-order valence-electron chi connectivity index (χ0n) is 17.1. The average Bonchev–Trinajstić information content (AvgIpc) is 2.48. The summed E-state index contributed by atoms with van der Waals surface area (Å²) in [6.07, 6.45) is 0.978. The van der Waals surface area contributed by atoms with Crippen molar-refractivity contribution in [3.05, 3.63) is 48.0 Å². The fourth-order valence-electron chi connectivity index (χ4n) is 2.36. The number of benzene rings is 1. The molecule has 0 aliphatic rings. The molecule has 0 fully saturated rings. The number of rotatable bonds is 8. The van der Waals surface area contributed by atoms with Crippen LogP contribution in [0.15, 0.2) is 36.9 Å². The number of carbonyl (C=O) groups is 1. The van der Waals surface area contributed by atoms with Crippen LogP contribution in [0.25, 0.3) is 0 Å². The highest BCUT2D eigenvalue weighted by atomic mass is 35.5. The summed E-state index contributed by atoms with van der Waals surface area (Å²) in [6, 6.07) is 9.35. The molecule has 1 atom stereocenters. The van der Waals surface area contributed by atoms with Crippen molar-refractivity contribution in [2.24, 2.45) is 0 Å². The fourth-order valence-corrected chi connectivity index (χ4v) is 2.36. The molecule has 0 amide bonds. The van der Waals surface area contributed by atoms with Crippen molar-refractivity contribution in [2.75, 3.05) is 28.2 Å². The lowest BCUT2D eigenvalue weighted by molar-refractivity contribution is -0.945. The maximum Gasteiger partial charge on any atom is 0.334 e.